The molecular formula is C9H14F2O. The van der Waals surface area contributed by atoms with Gasteiger partial charge in [-0.25, -0.2) is 0 Å². The molecule has 0 radical (unpaired) electrons. The Balaban J connectivity index is 4.09. The van der Waals surface area contributed by atoms with Gasteiger partial charge in [0.25, 0.3) is 0 Å². The average Bonchev–Trinajstić information content (AvgIpc) is 2.01. The van der Waals surface area contributed by atoms with Gasteiger partial charge in [0.15, 0.2) is 0 Å². The first kappa shape index (κ1) is 11.3. The lowest BCUT2D eigenvalue weighted by Crippen LogP contribution is -2.26. The highest BCUT2D eigenvalue weighted by Gasteiger charge is 2.35. The first-order valence-corrected chi connectivity index (χ1v) is 4.09. The summed E-state index contributed by atoms with van der Waals surface area (Å²) in [5.74, 6) is -4.25. The van der Waals surface area contributed by atoms with Crippen LogP contribution in [0.5, 0.6) is 0 Å². The average molecular weight is 176 g/mol. The van der Waals surface area contributed by atoms with Crippen LogP contribution in [0.3, 0.4) is 0 Å². The Morgan fingerprint density at radius 3 is 2.50 bits per heavy atom. The van der Waals surface area contributed by atoms with Crippen molar-refractivity contribution in [2.45, 2.75) is 39.0 Å². The van der Waals surface area contributed by atoms with Gasteiger partial charge in [-0.1, -0.05) is 19.4 Å². The van der Waals surface area contributed by atoms with Gasteiger partial charge < -0.3 is 0 Å². The summed E-state index contributed by atoms with van der Waals surface area (Å²) in [7, 11) is 0. The second kappa shape index (κ2) is 5.01. The highest BCUT2D eigenvalue weighted by atomic mass is 19.3. The number of hydrogen-bond donors (Lipinski definition) is 0. The molecule has 0 aliphatic carbocycles. The van der Waals surface area contributed by atoms with Crippen molar-refractivity contribution >= 4 is 5.78 Å². The SMILES string of the molecule is CC=CC(=O)C(F)(F)CCCC. The number of halogens is 2. The van der Waals surface area contributed by atoms with Crippen LogP contribution in [-0.4, -0.2) is 11.7 Å². The van der Waals surface area contributed by atoms with Gasteiger partial charge in [-0.15, -0.1) is 0 Å². The Bertz CT molecular complexity index is 173. The number of alkyl halides is 2. The monoisotopic (exact) mass is 176 g/mol. The zero-order chi connectivity index (χ0) is 9.61. The second-order valence-corrected chi connectivity index (χ2v) is 2.67. The molecule has 0 saturated carbocycles. The Kier molecular flexibility index (Phi) is 4.71. The van der Waals surface area contributed by atoms with Crippen molar-refractivity contribution in [1.82, 2.24) is 0 Å². The summed E-state index contributed by atoms with van der Waals surface area (Å²) in [6.45, 7) is 3.37. The van der Waals surface area contributed by atoms with Gasteiger partial charge in [-0.2, -0.15) is 8.78 Å². The molecule has 12 heavy (non-hydrogen) atoms. The fraction of sp³-hybridized carbons (Fsp3) is 0.667. The third-order valence-electron chi connectivity index (χ3n) is 1.52. The number of carbonyl (C=O) groups excluding carboxylic acids is 1. The first-order valence-electron chi connectivity index (χ1n) is 4.09. The molecule has 1 nitrogen and oxygen atoms in total. The fourth-order valence-electron chi connectivity index (χ4n) is 0.795. The minimum absolute atomic E-state index is 0.341. The van der Waals surface area contributed by atoms with Gasteiger partial charge in [0.1, 0.15) is 0 Å². The fourth-order valence-corrected chi connectivity index (χ4v) is 0.795. The zero-order valence-corrected chi connectivity index (χ0v) is 7.44. The predicted molar refractivity (Wildman–Crippen MR) is 44.3 cm³/mol. The molecular weight excluding hydrogens is 162 g/mol. The molecule has 0 heterocycles. The highest BCUT2D eigenvalue weighted by molar-refractivity contribution is 5.95. The predicted octanol–water partition coefficient (Wildman–Crippen LogP) is 2.96. The quantitative estimate of drug-likeness (QED) is 0.588. The van der Waals surface area contributed by atoms with Crippen molar-refractivity contribution in [2.24, 2.45) is 0 Å². The Hall–Kier alpha value is -0.730. The van der Waals surface area contributed by atoms with Crippen molar-refractivity contribution in [2.75, 3.05) is 0 Å². The molecule has 0 aromatic rings. The molecule has 0 unspecified atom stereocenters. The van der Waals surface area contributed by atoms with Crippen LogP contribution in [0.2, 0.25) is 0 Å². The third kappa shape index (κ3) is 3.60. The topological polar surface area (TPSA) is 17.1 Å². The molecule has 0 aromatic carbocycles. The molecule has 0 rings (SSSR count). The van der Waals surface area contributed by atoms with E-state index < -0.39 is 11.7 Å². The van der Waals surface area contributed by atoms with E-state index in [1.54, 1.807) is 6.92 Å². The van der Waals surface area contributed by atoms with Crippen molar-refractivity contribution in [3.8, 4) is 0 Å². The van der Waals surface area contributed by atoms with Gasteiger partial charge in [0.05, 0.1) is 0 Å². The van der Waals surface area contributed by atoms with Gasteiger partial charge in [-0.05, 0) is 19.4 Å². The summed E-state index contributed by atoms with van der Waals surface area (Å²) in [5.41, 5.74) is 0. The minimum Gasteiger partial charge on any atom is -0.288 e. The number of carbonyl (C=O) groups is 1. The molecule has 0 N–H and O–H groups in total. The molecule has 0 aromatic heterocycles. The molecule has 70 valence electrons. The summed E-state index contributed by atoms with van der Waals surface area (Å²) < 4.78 is 25.6. The molecule has 0 aliphatic rings. The molecule has 0 saturated heterocycles. The normalized spacial score (nSPS) is 12.3. The maximum absolute atomic E-state index is 12.8. The second-order valence-electron chi connectivity index (χ2n) is 2.67. The van der Waals surface area contributed by atoms with E-state index in [4.69, 9.17) is 0 Å². The van der Waals surface area contributed by atoms with Crippen molar-refractivity contribution < 1.29 is 13.6 Å². The van der Waals surface area contributed by atoms with Crippen LogP contribution in [0.1, 0.15) is 33.1 Å². The van der Waals surface area contributed by atoms with Gasteiger partial charge in [0.2, 0.25) is 5.78 Å². The number of ketones is 1. The summed E-state index contributed by atoms with van der Waals surface area (Å²) in [6.07, 6.45) is 2.99. The summed E-state index contributed by atoms with van der Waals surface area (Å²) in [6, 6.07) is 0. The highest BCUT2D eigenvalue weighted by Crippen LogP contribution is 2.22. The summed E-state index contributed by atoms with van der Waals surface area (Å²) in [5, 5.41) is 0. The van der Waals surface area contributed by atoms with Gasteiger partial charge in [-0.3, -0.25) is 4.79 Å². The first-order chi connectivity index (χ1) is 5.54. The van der Waals surface area contributed by atoms with E-state index in [9.17, 15) is 13.6 Å². The van der Waals surface area contributed by atoms with E-state index in [1.165, 1.54) is 6.08 Å². The van der Waals surface area contributed by atoms with Crippen LogP contribution in [0.25, 0.3) is 0 Å². The Morgan fingerprint density at radius 2 is 2.08 bits per heavy atom. The van der Waals surface area contributed by atoms with E-state index in [0.29, 0.717) is 12.8 Å². The number of hydrogen-bond acceptors (Lipinski definition) is 1. The summed E-state index contributed by atoms with van der Waals surface area (Å²) in [4.78, 5) is 10.7. The number of rotatable bonds is 5. The smallest absolute Gasteiger partial charge is 0.288 e. The lowest BCUT2D eigenvalue weighted by molar-refractivity contribution is -0.138. The standard InChI is InChI=1S/C9H14F2O/c1-3-5-7-9(10,11)8(12)6-4-2/h4,6H,3,5,7H2,1-2H3. The third-order valence-corrected chi connectivity index (χ3v) is 1.52. The molecule has 3 heteroatoms. The van der Waals surface area contributed by atoms with Crippen LogP contribution < -0.4 is 0 Å². The molecule has 0 spiro atoms. The Morgan fingerprint density at radius 1 is 1.50 bits per heavy atom. The molecule has 0 amide bonds. The van der Waals surface area contributed by atoms with Gasteiger partial charge in [0, 0.05) is 6.42 Å². The molecule has 0 bridgehead atoms. The maximum atomic E-state index is 12.8. The van der Waals surface area contributed by atoms with Crippen LogP contribution in [0.15, 0.2) is 12.2 Å². The van der Waals surface area contributed by atoms with Crippen LogP contribution in [-0.2, 0) is 4.79 Å². The van der Waals surface area contributed by atoms with E-state index in [2.05, 4.69) is 0 Å². The van der Waals surface area contributed by atoms with E-state index in [-0.39, 0.29) is 6.42 Å². The van der Waals surface area contributed by atoms with Crippen molar-refractivity contribution in [3.63, 3.8) is 0 Å². The lowest BCUT2D eigenvalue weighted by atomic mass is 10.1. The largest absolute Gasteiger partial charge is 0.309 e. The Labute approximate surface area is 71.5 Å². The molecule has 0 fully saturated rings. The van der Waals surface area contributed by atoms with E-state index in [1.807, 2.05) is 6.92 Å². The lowest BCUT2D eigenvalue weighted by Gasteiger charge is -2.11. The molecule has 0 aliphatic heterocycles. The maximum Gasteiger partial charge on any atom is 0.309 e. The van der Waals surface area contributed by atoms with Gasteiger partial charge >= 0.3 is 5.92 Å². The van der Waals surface area contributed by atoms with Crippen LogP contribution >= 0.6 is 0 Å². The minimum atomic E-state index is -3.16. The molecule has 0 atom stereocenters. The number of allylic oxidation sites excluding steroid dienone is 2. The van der Waals surface area contributed by atoms with Crippen LogP contribution in [0, 0.1) is 0 Å². The summed E-state index contributed by atoms with van der Waals surface area (Å²) >= 11 is 0. The van der Waals surface area contributed by atoms with Crippen molar-refractivity contribution in [1.29, 1.82) is 0 Å². The van der Waals surface area contributed by atoms with E-state index in [0.717, 1.165) is 6.08 Å². The van der Waals surface area contributed by atoms with Crippen LogP contribution in [0.4, 0.5) is 8.78 Å². The van der Waals surface area contributed by atoms with E-state index >= 15 is 0 Å². The van der Waals surface area contributed by atoms with Crippen molar-refractivity contribution in [3.05, 3.63) is 12.2 Å². The zero-order valence-electron chi connectivity index (χ0n) is 7.44. The number of unbranched alkanes of at least 4 members (excludes halogenated alkanes) is 1.